The van der Waals surface area contributed by atoms with Crippen molar-refractivity contribution in [3.8, 4) is 5.75 Å². The SMILES string of the molecule is CCOc1ccc(S(=O)(=O)N2CCCN(S(C)(=O)=O)CC2)cc1. The number of benzene rings is 1. The molecule has 0 spiro atoms. The van der Waals surface area contributed by atoms with Crippen LogP contribution in [0.4, 0.5) is 0 Å². The lowest BCUT2D eigenvalue weighted by Crippen LogP contribution is -2.36. The Hall–Kier alpha value is -1.16. The third kappa shape index (κ3) is 4.43. The van der Waals surface area contributed by atoms with Gasteiger partial charge >= 0.3 is 0 Å². The number of ether oxygens (including phenoxy) is 1. The first-order chi connectivity index (χ1) is 10.7. The minimum atomic E-state index is -3.63. The Balaban J connectivity index is 2.16. The lowest BCUT2D eigenvalue weighted by Gasteiger charge is -2.20. The van der Waals surface area contributed by atoms with Crippen LogP contribution in [0.5, 0.6) is 5.75 Å². The van der Waals surface area contributed by atoms with Crippen LogP contribution < -0.4 is 4.74 Å². The molecule has 0 N–H and O–H groups in total. The van der Waals surface area contributed by atoms with Crippen LogP contribution in [0.15, 0.2) is 29.2 Å². The third-order valence-corrected chi connectivity index (χ3v) is 6.87. The molecule has 23 heavy (non-hydrogen) atoms. The van der Waals surface area contributed by atoms with Gasteiger partial charge in [-0.15, -0.1) is 0 Å². The van der Waals surface area contributed by atoms with Crippen LogP contribution in [0.2, 0.25) is 0 Å². The quantitative estimate of drug-likeness (QED) is 0.771. The summed E-state index contributed by atoms with van der Waals surface area (Å²) >= 11 is 0. The maximum absolute atomic E-state index is 12.7. The highest BCUT2D eigenvalue weighted by molar-refractivity contribution is 7.89. The van der Waals surface area contributed by atoms with Crippen LogP contribution in [0.25, 0.3) is 0 Å². The molecular formula is C14H22N2O5S2. The van der Waals surface area contributed by atoms with Crippen LogP contribution in [0, 0.1) is 0 Å². The molecule has 2 rings (SSSR count). The van der Waals surface area contributed by atoms with E-state index in [1.165, 1.54) is 20.7 Å². The summed E-state index contributed by atoms with van der Waals surface area (Å²) in [4.78, 5) is 0.189. The zero-order valence-corrected chi connectivity index (χ0v) is 14.9. The number of sulfonamides is 2. The molecular weight excluding hydrogens is 340 g/mol. The lowest BCUT2D eigenvalue weighted by molar-refractivity contribution is 0.340. The fourth-order valence-electron chi connectivity index (χ4n) is 2.47. The highest BCUT2D eigenvalue weighted by Gasteiger charge is 2.29. The van der Waals surface area contributed by atoms with Gasteiger partial charge in [0, 0.05) is 26.2 Å². The topological polar surface area (TPSA) is 84.0 Å². The van der Waals surface area contributed by atoms with Crippen molar-refractivity contribution in [2.75, 3.05) is 39.0 Å². The lowest BCUT2D eigenvalue weighted by atomic mass is 10.3. The smallest absolute Gasteiger partial charge is 0.243 e. The van der Waals surface area contributed by atoms with E-state index in [2.05, 4.69) is 0 Å². The Morgan fingerprint density at radius 2 is 1.52 bits per heavy atom. The molecule has 0 amide bonds. The van der Waals surface area contributed by atoms with Crippen molar-refractivity contribution in [1.82, 2.24) is 8.61 Å². The number of nitrogens with zero attached hydrogens (tertiary/aromatic N) is 2. The highest BCUT2D eigenvalue weighted by atomic mass is 32.2. The van der Waals surface area contributed by atoms with Crippen LogP contribution in [0.1, 0.15) is 13.3 Å². The van der Waals surface area contributed by atoms with Crippen molar-refractivity contribution in [1.29, 1.82) is 0 Å². The standard InChI is InChI=1S/C14H22N2O5S2/c1-3-21-13-5-7-14(8-6-13)23(19,20)16-10-4-9-15(11-12-16)22(2,17)18/h5-8H,3-4,9-12H2,1-2H3. The Morgan fingerprint density at radius 1 is 0.957 bits per heavy atom. The molecule has 9 heteroatoms. The van der Waals surface area contributed by atoms with E-state index in [1.54, 1.807) is 12.1 Å². The van der Waals surface area contributed by atoms with Crippen molar-refractivity contribution in [2.45, 2.75) is 18.2 Å². The average Bonchev–Trinajstić information content (AvgIpc) is 2.74. The van der Waals surface area contributed by atoms with Gasteiger partial charge in [0.05, 0.1) is 17.8 Å². The van der Waals surface area contributed by atoms with E-state index in [-0.39, 0.29) is 18.0 Å². The van der Waals surface area contributed by atoms with E-state index < -0.39 is 20.0 Å². The Morgan fingerprint density at radius 3 is 2.09 bits per heavy atom. The summed E-state index contributed by atoms with van der Waals surface area (Å²) in [6, 6.07) is 6.27. The second-order valence-electron chi connectivity index (χ2n) is 5.32. The van der Waals surface area contributed by atoms with Gasteiger partial charge in [0.25, 0.3) is 0 Å². The van der Waals surface area contributed by atoms with E-state index in [0.29, 0.717) is 31.9 Å². The van der Waals surface area contributed by atoms with E-state index in [4.69, 9.17) is 4.74 Å². The van der Waals surface area contributed by atoms with Gasteiger partial charge in [0.15, 0.2) is 0 Å². The van der Waals surface area contributed by atoms with Gasteiger partial charge in [-0.2, -0.15) is 4.31 Å². The van der Waals surface area contributed by atoms with Crippen molar-refractivity contribution < 1.29 is 21.6 Å². The first-order valence-electron chi connectivity index (χ1n) is 7.43. The predicted molar refractivity (Wildman–Crippen MR) is 87.4 cm³/mol. The summed E-state index contributed by atoms with van der Waals surface area (Å²) in [5, 5.41) is 0. The summed E-state index contributed by atoms with van der Waals surface area (Å²) in [7, 11) is -6.93. The van der Waals surface area contributed by atoms with Gasteiger partial charge in [0.2, 0.25) is 20.0 Å². The summed E-state index contributed by atoms with van der Waals surface area (Å²) < 4.78 is 56.6. The minimum absolute atomic E-state index is 0.155. The summed E-state index contributed by atoms with van der Waals surface area (Å²) in [5.74, 6) is 0.616. The molecule has 130 valence electrons. The zero-order valence-electron chi connectivity index (χ0n) is 13.3. The second kappa shape index (κ2) is 7.16. The number of hydrogen-bond acceptors (Lipinski definition) is 5. The van der Waals surface area contributed by atoms with E-state index >= 15 is 0 Å². The van der Waals surface area contributed by atoms with Crippen molar-refractivity contribution >= 4 is 20.0 Å². The molecule has 0 aromatic heterocycles. The van der Waals surface area contributed by atoms with Crippen molar-refractivity contribution in [3.05, 3.63) is 24.3 Å². The highest BCUT2D eigenvalue weighted by Crippen LogP contribution is 2.21. The molecule has 0 aliphatic carbocycles. The number of rotatable bonds is 5. The Labute approximate surface area is 137 Å². The van der Waals surface area contributed by atoms with Gasteiger partial charge in [-0.1, -0.05) is 0 Å². The molecule has 0 radical (unpaired) electrons. The van der Waals surface area contributed by atoms with Crippen LogP contribution in [-0.2, 0) is 20.0 Å². The zero-order chi connectivity index (χ0) is 17.1. The number of hydrogen-bond donors (Lipinski definition) is 0. The molecule has 1 aromatic carbocycles. The second-order valence-corrected chi connectivity index (χ2v) is 9.24. The molecule has 1 saturated heterocycles. The largest absolute Gasteiger partial charge is 0.494 e. The molecule has 1 aromatic rings. The van der Waals surface area contributed by atoms with Gasteiger partial charge in [-0.05, 0) is 37.6 Å². The van der Waals surface area contributed by atoms with E-state index in [9.17, 15) is 16.8 Å². The first-order valence-corrected chi connectivity index (χ1v) is 10.7. The summed E-state index contributed by atoms with van der Waals surface area (Å²) in [6.45, 7) is 3.35. The van der Waals surface area contributed by atoms with Crippen molar-refractivity contribution in [2.24, 2.45) is 0 Å². The Kier molecular flexibility index (Phi) is 5.66. The van der Waals surface area contributed by atoms with E-state index in [0.717, 1.165) is 6.26 Å². The third-order valence-electron chi connectivity index (χ3n) is 3.66. The molecule has 1 heterocycles. The summed E-state index contributed by atoms with van der Waals surface area (Å²) in [5.41, 5.74) is 0. The molecule has 1 fully saturated rings. The molecule has 0 atom stereocenters. The van der Waals surface area contributed by atoms with Gasteiger partial charge in [0.1, 0.15) is 5.75 Å². The maximum atomic E-state index is 12.7. The van der Waals surface area contributed by atoms with Crippen LogP contribution in [0.3, 0.4) is 0 Å². The molecule has 7 nitrogen and oxygen atoms in total. The monoisotopic (exact) mass is 362 g/mol. The normalized spacial score (nSPS) is 18.5. The molecule has 0 saturated carbocycles. The maximum Gasteiger partial charge on any atom is 0.243 e. The van der Waals surface area contributed by atoms with Crippen LogP contribution >= 0.6 is 0 Å². The van der Waals surface area contributed by atoms with Gasteiger partial charge in [-0.3, -0.25) is 0 Å². The fourth-order valence-corrected chi connectivity index (χ4v) is 4.81. The molecule has 0 unspecified atom stereocenters. The van der Waals surface area contributed by atoms with E-state index in [1.807, 2.05) is 6.92 Å². The van der Waals surface area contributed by atoms with Gasteiger partial charge in [-0.25, -0.2) is 21.1 Å². The van der Waals surface area contributed by atoms with Crippen LogP contribution in [-0.4, -0.2) is 64.5 Å². The summed E-state index contributed by atoms with van der Waals surface area (Å²) in [6.07, 6.45) is 1.62. The minimum Gasteiger partial charge on any atom is -0.494 e. The van der Waals surface area contributed by atoms with Crippen molar-refractivity contribution in [3.63, 3.8) is 0 Å². The van der Waals surface area contributed by atoms with Gasteiger partial charge < -0.3 is 4.74 Å². The fraction of sp³-hybridized carbons (Fsp3) is 0.571. The first kappa shape index (κ1) is 18.2. The predicted octanol–water partition coefficient (Wildman–Crippen LogP) is 0.741. The average molecular weight is 362 g/mol. The molecule has 1 aliphatic heterocycles. The molecule has 1 aliphatic rings. The molecule has 0 bridgehead atoms. The Bertz CT molecular complexity index is 729.